The molecule has 1 amide bonds. The van der Waals surface area contributed by atoms with Crippen molar-refractivity contribution in [3.8, 4) is 10.4 Å². The number of aromatic nitrogens is 1. The minimum absolute atomic E-state index is 0.0464. The zero-order chi connectivity index (χ0) is 21.8. The maximum Gasteiger partial charge on any atom is 0.216 e. The first-order chi connectivity index (χ1) is 15.1. The van der Waals surface area contributed by atoms with Gasteiger partial charge in [-0.25, -0.2) is 0 Å². The SMILES string of the molecule is CCn1c2ccc(CNCCCCNC(C)=O)cc2c2ccc(-c3cc(C)cs3)cc21. The van der Waals surface area contributed by atoms with Gasteiger partial charge in [0.1, 0.15) is 0 Å². The van der Waals surface area contributed by atoms with E-state index in [1.54, 1.807) is 6.92 Å². The summed E-state index contributed by atoms with van der Waals surface area (Å²) in [5, 5.41) is 11.3. The van der Waals surface area contributed by atoms with Crippen molar-refractivity contribution in [1.29, 1.82) is 0 Å². The lowest BCUT2D eigenvalue weighted by Crippen LogP contribution is -2.22. The summed E-state index contributed by atoms with van der Waals surface area (Å²) in [6.45, 7) is 9.47. The van der Waals surface area contributed by atoms with Gasteiger partial charge in [0.05, 0.1) is 0 Å². The second kappa shape index (κ2) is 9.67. The number of aryl methyl sites for hydroxylation is 2. The third-order valence-corrected chi connectivity index (χ3v) is 6.84. The Kier molecular flexibility index (Phi) is 6.73. The van der Waals surface area contributed by atoms with Crippen molar-refractivity contribution >= 4 is 39.0 Å². The third-order valence-electron chi connectivity index (χ3n) is 5.75. The van der Waals surface area contributed by atoms with E-state index in [9.17, 15) is 4.79 Å². The van der Waals surface area contributed by atoms with Gasteiger partial charge in [-0.15, -0.1) is 11.3 Å². The normalized spacial score (nSPS) is 11.5. The molecule has 0 aliphatic rings. The van der Waals surface area contributed by atoms with Gasteiger partial charge >= 0.3 is 0 Å². The van der Waals surface area contributed by atoms with Crippen molar-refractivity contribution in [1.82, 2.24) is 15.2 Å². The monoisotopic (exact) mass is 433 g/mol. The molecule has 4 rings (SSSR count). The maximum atomic E-state index is 10.9. The molecule has 4 aromatic rings. The van der Waals surface area contributed by atoms with Gasteiger partial charge in [-0.3, -0.25) is 4.79 Å². The highest BCUT2D eigenvalue weighted by Crippen LogP contribution is 2.35. The number of thiophene rings is 1. The van der Waals surface area contributed by atoms with E-state index >= 15 is 0 Å². The molecule has 0 aliphatic carbocycles. The molecule has 0 atom stereocenters. The minimum atomic E-state index is 0.0464. The van der Waals surface area contributed by atoms with Gasteiger partial charge < -0.3 is 15.2 Å². The number of carbonyl (C=O) groups is 1. The highest BCUT2D eigenvalue weighted by Gasteiger charge is 2.12. The second-order valence-corrected chi connectivity index (χ2v) is 9.09. The summed E-state index contributed by atoms with van der Waals surface area (Å²) in [5.74, 6) is 0.0464. The van der Waals surface area contributed by atoms with E-state index in [0.717, 1.165) is 39.0 Å². The molecule has 2 aromatic carbocycles. The topological polar surface area (TPSA) is 46.1 Å². The summed E-state index contributed by atoms with van der Waals surface area (Å²) >= 11 is 1.81. The van der Waals surface area contributed by atoms with E-state index in [4.69, 9.17) is 0 Å². The lowest BCUT2D eigenvalue weighted by atomic mass is 10.1. The number of nitrogens with zero attached hydrogens (tertiary/aromatic N) is 1. The average molecular weight is 434 g/mol. The number of benzene rings is 2. The van der Waals surface area contributed by atoms with Crippen LogP contribution in [0.3, 0.4) is 0 Å². The molecular formula is C26H31N3OS. The van der Waals surface area contributed by atoms with Crippen LogP contribution in [0, 0.1) is 6.92 Å². The Morgan fingerprint density at radius 2 is 1.84 bits per heavy atom. The summed E-state index contributed by atoms with van der Waals surface area (Å²) in [6.07, 6.45) is 2.06. The van der Waals surface area contributed by atoms with E-state index in [0.29, 0.717) is 0 Å². The van der Waals surface area contributed by atoms with Crippen LogP contribution in [-0.4, -0.2) is 23.6 Å². The lowest BCUT2D eigenvalue weighted by molar-refractivity contribution is -0.118. The summed E-state index contributed by atoms with van der Waals surface area (Å²) in [4.78, 5) is 12.2. The summed E-state index contributed by atoms with van der Waals surface area (Å²) < 4.78 is 2.42. The molecule has 0 saturated heterocycles. The zero-order valence-electron chi connectivity index (χ0n) is 18.6. The molecule has 2 aromatic heterocycles. The molecule has 4 nitrogen and oxygen atoms in total. The van der Waals surface area contributed by atoms with Gasteiger partial charge in [-0.2, -0.15) is 0 Å². The Morgan fingerprint density at radius 3 is 2.58 bits per heavy atom. The van der Waals surface area contributed by atoms with Gasteiger partial charge in [0, 0.05) is 53.2 Å². The fourth-order valence-electron chi connectivity index (χ4n) is 4.21. The molecule has 5 heteroatoms. The molecule has 0 bridgehead atoms. The van der Waals surface area contributed by atoms with E-state index in [1.165, 1.54) is 43.4 Å². The quantitative estimate of drug-likeness (QED) is 0.325. The van der Waals surface area contributed by atoms with Gasteiger partial charge in [0.2, 0.25) is 5.91 Å². The average Bonchev–Trinajstić information content (AvgIpc) is 3.33. The van der Waals surface area contributed by atoms with Gasteiger partial charge in [0.25, 0.3) is 0 Å². The lowest BCUT2D eigenvalue weighted by Gasteiger charge is -2.07. The smallest absolute Gasteiger partial charge is 0.216 e. The highest BCUT2D eigenvalue weighted by molar-refractivity contribution is 7.13. The minimum Gasteiger partial charge on any atom is -0.356 e. The Morgan fingerprint density at radius 1 is 1.00 bits per heavy atom. The van der Waals surface area contributed by atoms with Crippen molar-refractivity contribution in [3.63, 3.8) is 0 Å². The second-order valence-electron chi connectivity index (χ2n) is 8.18. The number of unbranched alkanes of at least 4 members (excludes halogenated alkanes) is 1. The van der Waals surface area contributed by atoms with Crippen LogP contribution in [0.15, 0.2) is 47.8 Å². The first kappa shape index (κ1) is 21.6. The highest BCUT2D eigenvalue weighted by atomic mass is 32.1. The molecule has 0 aliphatic heterocycles. The maximum absolute atomic E-state index is 10.9. The number of hydrogen-bond donors (Lipinski definition) is 2. The van der Waals surface area contributed by atoms with Crippen molar-refractivity contribution < 1.29 is 4.79 Å². The molecule has 0 fully saturated rings. The predicted octanol–water partition coefficient (Wildman–Crippen LogP) is 5.86. The molecule has 162 valence electrons. The van der Waals surface area contributed by atoms with Crippen LogP contribution in [0.5, 0.6) is 0 Å². The molecule has 0 unspecified atom stereocenters. The largest absolute Gasteiger partial charge is 0.356 e. The predicted molar refractivity (Wildman–Crippen MR) is 133 cm³/mol. The van der Waals surface area contributed by atoms with Crippen LogP contribution in [-0.2, 0) is 17.9 Å². The molecule has 0 spiro atoms. The van der Waals surface area contributed by atoms with Crippen LogP contribution in [0.4, 0.5) is 0 Å². The van der Waals surface area contributed by atoms with Crippen LogP contribution in [0.2, 0.25) is 0 Å². The zero-order valence-corrected chi connectivity index (χ0v) is 19.4. The van der Waals surface area contributed by atoms with Gasteiger partial charge in [0.15, 0.2) is 0 Å². The van der Waals surface area contributed by atoms with Crippen molar-refractivity contribution in [2.24, 2.45) is 0 Å². The third kappa shape index (κ3) is 4.83. The fraction of sp³-hybridized carbons (Fsp3) is 0.346. The molecule has 0 saturated carbocycles. The number of fused-ring (bicyclic) bond motifs is 3. The summed E-state index contributed by atoms with van der Waals surface area (Å²) in [6, 6.07) is 16.0. The summed E-state index contributed by atoms with van der Waals surface area (Å²) in [5.41, 5.74) is 6.54. The summed E-state index contributed by atoms with van der Waals surface area (Å²) in [7, 11) is 0. The molecule has 31 heavy (non-hydrogen) atoms. The van der Waals surface area contributed by atoms with Crippen LogP contribution < -0.4 is 10.6 Å². The molecule has 0 radical (unpaired) electrons. The Balaban J connectivity index is 1.52. The first-order valence-electron chi connectivity index (χ1n) is 11.1. The fourth-order valence-corrected chi connectivity index (χ4v) is 5.10. The van der Waals surface area contributed by atoms with E-state index in [2.05, 4.69) is 76.9 Å². The van der Waals surface area contributed by atoms with Crippen LogP contribution in [0.25, 0.3) is 32.2 Å². The van der Waals surface area contributed by atoms with E-state index < -0.39 is 0 Å². The van der Waals surface area contributed by atoms with Crippen molar-refractivity contribution in [3.05, 3.63) is 59.0 Å². The van der Waals surface area contributed by atoms with Crippen LogP contribution >= 0.6 is 11.3 Å². The van der Waals surface area contributed by atoms with Crippen molar-refractivity contribution in [2.45, 2.75) is 46.7 Å². The molecule has 2 heterocycles. The first-order valence-corrected chi connectivity index (χ1v) is 12.0. The molecule has 2 N–H and O–H groups in total. The number of nitrogens with one attached hydrogen (secondary N) is 2. The number of hydrogen-bond acceptors (Lipinski definition) is 3. The Hall–Kier alpha value is -2.63. The van der Waals surface area contributed by atoms with Gasteiger partial charge in [-0.05, 0) is 79.6 Å². The van der Waals surface area contributed by atoms with Crippen LogP contribution in [0.1, 0.15) is 37.8 Å². The standard InChI is InChI=1S/C26H31N3OS/c1-4-29-24-10-7-20(16-27-11-5-6-12-28-19(3)30)14-23(24)22-9-8-21(15-25(22)29)26-13-18(2)17-31-26/h7-10,13-15,17,27H,4-6,11-12,16H2,1-3H3,(H,28,30). The Labute approximate surface area is 188 Å². The number of carbonyl (C=O) groups excluding carboxylic acids is 1. The number of amides is 1. The van der Waals surface area contributed by atoms with E-state index in [-0.39, 0.29) is 5.91 Å². The van der Waals surface area contributed by atoms with Crippen molar-refractivity contribution in [2.75, 3.05) is 13.1 Å². The van der Waals surface area contributed by atoms with Gasteiger partial charge in [-0.1, -0.05) is 18.2 Å². The molecular weight excluding hydrogens is 402 g/mol. The Bertz CT molecular complexity index is 1200. The van der Waals surface area contributed by atoms with E-state index in [1.807, 2.05) is 11.3 Å². The number of rotatable bonds is 9.